The number of ether oxygens (including phenoxy) is 2. The second-order valence-corrected chi connectivity index (χ2v) is 7.82. The van der Waals surface area contributed by atoms with Crippen molar-refractivity contribution >= 4 is 22.9 Å². The van der Waals surface area contributed by atoms with Crippen LogP contribution in [-0.4, -0.2) is 30.4 Å². The molecule has 3 rings (SSSR count). The molecular formula is C26H28N4O4. The Bertz CT molecular complexity index is 1300. The first kappa shape index (κ1) is 24.7. The highest BCUT2D eigenvalue weighted by molar-refractivity contribution is 6.02. The van der Waals surface area contributed by atoms with E-state index in [1.165, 1.54) is 11.7 Å². The number of aryl methyl sites for hydroxylation is 1. The Kier molecular flexibility index (Phi) is 8.54. The number of hydrogen-bond donors (Lipinski definition) is 1. The van der Waals surface area contributed by atoms with Crippen molar-refractivity contribution in [2.45, 2.75) is 39.8 Å². The lowest BCUT2D eigenvalue weighted by molar-refractivity contribution is -0.121. The van der Waals surface area contributed by atoms with Crippen molar-refractivity contribution in [3.05, 3.63) is 75.2 Å². The van der Waals surface area contributed by atoms with Gasteiger partial charge in [0.15, 0.2) is 0 Å². The average Bonchev–Trinajstić information content (AvgIpc) is 2.83. The fourth-order valence-electron chi connectivity index (χ4n) is 3.63. The third-order valence-electron chi connectivity index (χ3n) is 5.37. The summed E-state index contributed by atoms with van der Waals surface area (Å²) >= 11 is 0. The molecule has 0 saturated carbocycles. The smallest absolute Gasteiger partial charge is 0.269 e. The van der Waals surface area contributed by atoms with Gasteiger partial charge in [-0.15, -0.1) is 0 Å². The Balaban J connectivity index is 1.81. The zero-order valence-corrected chi connectivity index (χ0v) is 19.6. The summed E-state index contributed by atoms with van der Waals surface area (Å²) in [6, 6.07) is 15.3. The average molecular weight is 461 g/mol. The topological polar surface area (TPSA) is 106 Å². The van der Waals surface area contributed by atoms with Gasteiger partial charge in [-0.25, -0.2) is 5.43 Å². The molecule has 0 unspecified atom stereocenters. The fraction of sp³-hybridized carbons (Fsp3) is 0.308. The molecule has 0 saturated heterocycles. The van der Waals surface area contributed by atoms with Crippen molar-refractivity contribution in [1.82, 2.24) is 9.99 Å². The molecule has 0 aliphatic carbocycles. The second-order valence-electron chi connectivity index (χ2n) is 7.82. The van der Waals surface area contributed by atoms with E-state index in [1.807, 2.05) is 42.5 Å². The molecule has 34 heavy (non-hydrogen) atoms. The number of nitrogens with zero attached hydrogens (tertiary/aromatic N) is 3. The van der Waals surface area contributed by atoms with Crippen LogP contribution in [0, 0.1) is 18.3 Å². The van der Waals surface area contributed by atoms with E-state index in [-0.39, 0.29) is 18.7 Å². The number of aromatic nitrogens is 1. The fourth-order valence-corrected chi connectivity index (χ4v) is 3.63. The van der Waals surface area contributed by atoms with Crippen LogP contribution in [0.5, 0.6) is 5.75 Å². The number of pyridine rings is 1. The molecule has 8 heteroatoms. The van der Waals surface area contributed by atoms with Crippen molar-refractivity contribution in [2.24, 2.45) is 5.10 Å². The number of benzene rings is 2. The lowest BCUT2D eigenvalue weighted by Gasteiger charge is -2.13. The van der Waals surface area contributed by atoms with E-state index in [2.05, 4.69) is 17.5 Å². The SMILES string of the molecule is CCCCOc1ccc2ccccc2c1/C=N\NC(=O)Cn1c(C)cc(COC)c(C#N)c1=O. The summed E-state index contributed by atoms with van der Waals surface area (Å²) in [6.07, 6.45) is 3.51. The van der Waals surface area contributed by atoms with E-state index in [0.29, 0.717) is 23.6 Å². The molecule has 0 radical (unpaired) electrons. The highest BCUT2D eigenvalue weighted by Gasteiger charge is 2.15. The van der Waals surface area contributed by atoms with E-state index in [9.17, 15) is 14.9 Å². The number of methoxy groups -OCH3 is 1. The van der Waals surface area contributed by atoms with Gasteiger partial charge >= 0.3 is 0 Å². The van der Waals surface area contributed by atoms with E-state index in [1.54, 1.807) is 19.2 Å². The summed E-state index contributed by atoms with van der Waals surface area (Å²) in [7, 11) is 1.49. The van der Waals surface area contributed by atoms with Crippen LogP contribution >= 0.6 is 0 Å². The van der Waals surface area contributed by atoms with E-state index in [4.69, 9.17) is 9.47 Å². The Labute approximate surface area is 198 Å². The van der Waals surface area contributed by atoms with E-state index >= 15 is 0 Å². The zero-order valence-electron chi connectivity index (χ0n) is 19.6. The summed E-state index contributed by atoms with van der Waals surface area (Å²) in [5.74, 6) is 0.197. The van der Waals surface area contributed by atoms with Gasteiger partial charge in [-0.05, 0) is 36.2 Å². The van der Waals surface area contributed by atoms with Crippen LogP contribution in [0.1, 0.15) is 42.1 Å². The number of carbonyl (C=O) groups is 1. The van der Waals surface area contributed by atoms with Crippen molar-refractivity contribution in [2.75, 3.05) is 13.7 Å². The Morgan fingerprint density at radius 1 is 1.26 bits per heavy atom. The first-order chi connectivity index (χ1) is 16.5. The maximum absolute atomic E-state index is 12.7. The number of fused-ring (bicyclic) bond motifs is 1. The maximum Gasteiger partial charge on any atom is 0.269 e. The van der Waals surface area contributed by atoms with Crippen molar-refractivity contribution in [3.63, 3.8) is 0 Å². The number of rotatable bonds is 10. The van der Waals surface area contributed by atoms with Crippen LogP contribution in [0.2, 0.25) is 0 Å². The van der Waals surface area contributed by atoms with Gasteiger partial charge in [-0.2, -0.15) is 10.4 Å². The van der Waals surface area contributed by atoms with Gasteiger partial charge < -0.3 is 14.0 Å². The highest BCUT2D eigenvalue weighted by atomic mass is 16.5. The minimum absolute atomic E-state index is 0.0339. The van der Waals surface area contributed by atoms with E-state index < -0.39 is 11.5 Å². The lowest BCUT2D eigenvalue weighted by atomic mass is 10.0. The van der Waals surface area contributed by atoms with Crippen molar-refractivity contribution in [3.8, 4) is 11.8 Å². The molecule has 176 valence electrons. The number of amides is 1. The lowest BCUT2D eigenvalue weighted by Crippen LogP contribution is -2.33. The number of hydrazone groups is 1. The van der Waals surface area contributed by atoms with E-state index in [0.717, 1.165) is 29.2 Å². The van der Waals surface area contributed by atoms with Crippen molar-refractivity contribution in [1.29, 1.82) is 5.26 Å². The molecule has 3 aromatic rings. The Morgan fingerprint density at radius 3 is 2.79 bits per heavy atom. The van der Waals surface area contributed by atoms with Gasteiger partial charge in [0.1, 0.15) is 23.9 Å². The molecule has 0 aliphatic heterocycles. The molecule has 0 atom stereocenters. The normalized spacial score (nSPS) is 11.0. The molecule has 1 heterocycles. The van der Waals surface area contributed by atoms with Crippen LogP contribution < -0.4 is 15.7 Å². The van der Waals surface area contributed by atoms with Gasteiger partial charge in [-0.3, -0.25) is 9.59 Å². The molecule has 1 N–H and O–H groups in total. The van der Waals surface area contributed by atoms with Crippen molar-refractivity contribution < 1.29 is 14.3 Å². The third-order valence-corrected chi connectivity index (χ3v) is 5.37. The molecular weight excluding hydrogens is 432 g/mol. The molecule has 0 fully saturated rings. The minimum Gasteiger partial charge on any atom is -0.493 e. The molecule has 1 aromatic heterocycles. The van der Waals surface area contributed by atoms with Gasteiger partial charge in [-0.1, -0.05) is 43.7 Å². The summed E-state index contributed by atoms with van der Waals surface area (Å²) in [5.41, 5.74) is 3.72. The summed E-state index contributed by atoms with van der Waals surface area (Å²) in [5, 5.41) is 15.5. The number of nitrogens with one attached hydrogen (secondary N) is 1. The second kappa shape index (κ2) is 11.8. The number of nitriles is 1. The number of hydrogen-bond acceptors (Lipinski definition) is 6. The van der Waals surface area contributed by atoms with Crippen LogP contribution in [0.4, 0.5) is 0 Å². The van der Waals surface area contributed by atoms with Gasteiger partial charge in [0, 0.05) is 23.9 Å². The minimum atomic E-state index is -0.533. The van der Waals surface area contributed by atoms with Gasteiger partial charge in [0.2, 0.25) is 0 Å². The van der Waals surface area contributed by atoms with Crippen LogP contribution in [0.3, 0.4) is 0 Å². The molecule has 2 aromatic carbocycles. The van der Waals surface area contributed by atoms with Crippen LogP contribution in [-0.2, 0) is 22.7 Å². The Morgan fingerprint density at radius 2 is 2.06 bits per heavy atom. The molecule has 0 aliphatic rings. The molecule has 1 amide bonds. The molecule has 0 spiro atoms. The van der Waals surface area contributed by atoms with Crippen LogP contribution in [0.15, 0.2) is 52.4 Å². The third kappa shape index (κ3) is 5.69. The quantitative estimate of drug-likeness (QED) is 0.282. The van der Waals surface area contributed by atoms with Gasteiger partial charge in [0.05, 0.1) is 19.4 Å². The predicted octanol–water partition coefficient (Wildman–Crippen LogP) is 3.66. The first-order valence-electron chi connectivity index (χ1n) is 11.1. The summed E-state index contributed by atoms with van der Waals surface area (Å²) < 4.78 is 12.2. The maximum atomic E-state index is 12.7. The number of carbonyl (C=O) groups excluding carboxylic acids is 1. The summed E-state index contributed by atoms with van der Waals surface area (Å²) in [6.45, 7) is 4.27. The zero-order chi connectivity index (χ0) is 24.5. The highest BCUT2D eigenvalue weighted by Crippen LogP contribution is 2.27. The Hall–Kier alpha value is -3.96. The summed E-state index contributed by atoms with van der Waals surface area (Å²) in [4.78, 5) is 25.3. The molecule has 0 bridgehead atoms. The standard InChI is InChI=1S/C26H28N4O4/c1-4-5-12-34-24-11-10-19-8-6-7-9-21(19)23(24)15-28-29-25(31)16-30-18(2)13-20(17-33-3)22(14-27)26(30)32/h6-11,13,15H,4-5,12,16-17H2,1-3H3,(H,29,31)/b28-15-. The first-order valence-corrected chi connectivity index (χ1v) is 11.1. The largest absolute Gasteiger partial charge is 0.493 e. The predicted molar refractivity (Wildman–Crippen MR) is 131 cm³/mol. The van der Waals surface area contributed by atoms with Gasteiger partial charge in [0.25, 0.3) is 11.5 Å². The number of unbranched alkanes of at least 4 members (excludes halogenated alkanes) is 1. The molecule has 8 nitrogen and oxygen atoms in total. The monoisotopic (exact) mass is 460 g/mol. The van der Waals surface area contributed by atoms with Crippen LogP contribution in [0.25, 0.3) is 10.8 Å².